The van der Waals surface area contributed by atoms with Crippen molar-refractivity contribution in [2.24, 2.45) is 0 Å². The molecule has 0 spiro atoms. The van der Waals surface area contributed by atoms with Crippen molar-refractivity contribution in [1.29, 1.82) is 0 Å². The summed E-state index contributed by atoms with van der Waals surface area (Å²) in [5.41, 5.74) is 2.02. The van der Waals surface area contributed by atoms with Crippen LogP contribution in [-0.4, -0.2) is 13.1 Å². The Morgan fingerprint density at radius 3 is 3.14 bits per heavy atom. The van der Waals surface area contributed by atoms with Crippen molar-refractivity contribution in [3.63, 3.8) is 0 Å². The maximum absolute atomic E-state index is 9.93. The molecule has 3 heteroatoms. The molecule has 0 radical (unpaired) electrons. The van der Waals surface area contributed by atoms with Gasteiger partial charge in [0.05, 0.1) is 12.9 Å². The number of carbonyl (C=O) groups is 1. The monoisotopic (exact) mass is 190 g/mol. The molecule has 14 heavy (non-hydrogen) atoms. The van der Waals surface area contributed by atoms with Crippen LogP contribution in [0, 0.1) is 0 Å². The van der Waals surface area contributed by atoms with E-state index in [-0.39, 0.29) is 0 Å². The number of furan rings is 1. The molecule has 0 unspecified atom stereocenters. The summed E-state index contributed by atoms with van der Waals surface area (Å²) in [6.07, 6.45) is 2.40. The number of rotatable bonds is 4. The van der Waals surface area contributed by atoms with Crippen molar-refractivity contribution in [2.45, 2.75) is 6.42 Å². The van der Waals surface area contributed by atoms with Gasteiger partial charge in [-0.2, -0.15) is 0 Å². The summed E-state index contributed by atoms with van der Waals surface area (Å²) in [5, 5.41) is 1.08. The highest BCUT2D eigenvalue weighted by Gasteiger charge is 1.98. The van der Waals surface area contributed by atoms with E-state index in [1.54, 1.807) is 6.26 Å². The van der Waals surface area contributed by atoms with Crippen LogP contribution in [0.3, 0.4) is 0 Å². The zero-order valence-corrected chi connectivity index (χ0v) is 7.60. The summed E-state index contributed by atoms with van der Waals surface area (Å²) >= 11 is 0. The average Bonchev–Trinajstić information content (AvgIpc) is 2.65. The van der Waals surface area contributed by atoms with Crippen molar-refractivity contribution in [3.8, 4) is 0 Å². The minimum absolute atomic E-state index is 0.423. The molecular weight excluding hydrogens is 180 g/mol. The third-order valence-corrected chi connectivity index (χ3v) is 2.09. The lowest BCUT2D eigenvalue weighted by atomic mass is 10.1. The van der Waals surface area contributed by atoms with E-state index >= 15 is 0 Å². The van der Waals surface area contributed by atoms with E-state index in [4.69, 9.17) is 4.42 Å². The summed E-state index contributed by atoms with van der Waals surface area (Å²) in [7, 11) is 0. The van der Waals surface area contributed by atoms with Gasteiger partial charge in [-0.25, -0.2) is 0 Å². The molecule has 3 nitrogen and oxygen atoms in total. The normalized spacial score (nSPS) is 10.3. The third-order valence-electron chi connectivity index (χ3n) is 2.09. The van der Waals surface area contributed by atoms with Gasteiger partial charge in [-0.15, -0.1) is 0 Å². The van der Waals surface area contributed by atoms with E-state index in [0.717, 1.165) is 23.0 Å². The van der Waals surface area contributed by atoms with Crippen molar-refractivity contribution in [2.75, 3.05) is 6.61 Å². The highest BCUT2D eigenvalue weighted by atomic mass is 16.5. The molecule has 0 N–H and O–H groups in total. The molecule has 2 rings (SSSR count). The Bertz CT molecular complexity index is 431. The molecular formula is C11H10O3. The Hall–Kier alpha value is -1.77. The SMILES string of the molecule is O=COCCc1ccc2occc2c1. The lowest BCUT2D eigenvalue weighted by molar-refractivity contribution is -0.128. The zero-order chi connectivity index (χ0) is 9.80. The molecule has 1 aromatic carbocycles. The van der Waals surface area contributed by atoms with Crippen LogP contribution in [0.2, 0.25) is 0 Å². The number of hydrogen-bond donors (Lipinski definition) is 0. The van der Waals surface area contributed by atoms with Gasteiger partial charge in [0.15, 0.2) is 0 Å². The minimum atomic E-state index is 0.423. The molecule has 0 atom stereocenters. The summed E-state index contributed by atoms with van der Waals surface area (Å²) in [5.74, 6) is 0. The van der Waals surface area contributed by atoms with Crippen molar-refractivity contribution >= 4 is 17.4 Å². The van der Waals surface area contributed by atoms with Crippen LogP contribution >= 0.6 is 0 Å². The minimum Gasteiger partial charge on any atom is -0.468 e. The predicted octanol–water partition coefficient (Wildman–Crippen LogP) is 2.15. The molecule has 0 aliphatic rings. The molecule has 0 amide bonds. The quantitative estimate of drug-likeness (QED) is 0.547. The first-order chi connectivity index (χ1) is 6.90. The van der Waals surface area contributed by atoms with Crippen LogP contribution in [-0.2, 0) is 16.0 Å². The average molecular weight is 190 g/mol. The van der Waals surface area contributed by atoms with Gasteiger partial charge < -0.3 is 9.15 Å². The summed E-state index contributed by atoms with van der Waals surface area (Å²) < 4.78 is 9.84. The van der Waals surface area contributed by atoms with E-state index in [2.05, 4.69) is 4.74 Å². The summed E-state index contributed by atoms with van der Waals surface area (Å²) in [4.78, 5) is 9.93. The summed E-state index contributed by atoms with van der Waals surface area (Å²) in [6.45, 7) is 0.892. The molecule has 0 saturated heterocycles. The lowest BCUT2D eigenvalue weighted by Gasteiger charge is -1.99. The van der Waals surface area contributed by atoms with Gasteiger partial charge >= 0.3 is 0 Å². The van der Waals surface area contributed by atoms with Crippen LogP contribution in [0.1, 0.15) is 5.56 Å². The van der Waals surface area contributed by atoms with Gasteiger partial charge in [0.25, 0.3) is 6.47 Å². The molecule has 0 bridgehead atoms. The number of carbonyl (C=O) groups excluding carboxylic acids is 1. The fourth-order valence-corrected chi connectivity index (χ4v) is 1.40. The summed E-state index contributed by atoms with van der Waals surface area (Å²) in [6, 6.07) is 7.85. The molecule has 1 heterocycles. The van der Waals surface area contributed by atoms with E-state index in [1.807, 2.05) is 24.3 Å². The van der Waals surface area contributed by atoms with Gasteiger partial charge in [0.2, 0.25) is 0 Å². The van der Waals surface area contributed by atoms with Crippen LogP contribution in [0.15, 0.2) is 34.9 Å². The number of benzene rings is 1. The van der Waals surface area contributed by atoms with E-state index in [0.29, 0.717) is 13.1 Å². The van der Waals surface area contributed by atoms with Gasteiger partial charge in [0.1, 0.15) is 5.58 Å². The van der Waals surface area contributed by atoms with E-state index < -0.39 is 0 Å². The van der Waals surface area contributed by atoms with Gasteiger partial charge in [0, 0.05) is 11.8 Å². The van der Waals surface area contributed by atoms with Crippen LogP contribution in [0.5, 0.6) is 0 Å². The van der Waals surface area contributed by atoms with Crippen molar-refractivity contribution in [3.05, 3.63) is 36.1 Å². The Kier molecular flexibility index (Phi) is 2.49. The molecule has 0 aliphatic heterocycles. The fourth-order valence-electron chi connectivity index (χ4n) is 1.40. The van der Waals surface area contributed by atoms with Crippen LogP contribution in [0.4, 0.5) is 0 Å². The van der Waals surface area contributed by atoms with Crippen molar-refractivity contribution < 1.29 is 13.9 Å². The first kappa shape index (κ1) is 8.81. The Morgan fingerprint density at radius 2 is 2.29 bits per heavy atom. The molecule has 72 valence electrons. The number of ether oxygens (including phenoxy) is 1. The van der Waals surface area contributed by atoms with Gasteiger partial charge in [-0.05, 0) is 23.8 Å². The molecule has 2 aromatic rings. The zero-order valence-electron chi connectivity index (χ0n) is 7.60. The standard InChI is InChI=1S/C11H10O3/c12-8-13-5-3-9-1-2-11-10(7-9)4-6-14-11/h1-2,4,6-8H,3,5H2. The smallest absolute Gasteiger partial charge is 0.293 e. The molecule has 1 aromatic heterocycles. The van der Waals surface area contributed by atoms with E-state index in [1.165, 1.54) is 0 Å². The predicted molar refractivity (Wildman–Crippen MR) is 51.9 cm³/mol. The topological polar surface area (TPSA) is 39.4 Å². The Morgan fingerprint density at radius 1 is 1.36 bits per heavy atom. The highest BCUT2D eigenvalue weighted by Crippen LogP contribution is 2.17. The fraction of sp³-hybridized carbons (Fsp3) is 0.182. The van der Waals surface area contributed by atoms with Gasteiger partial charge in [-0.3, -0.25) is 4.79 Å². The Labute approximate surface area is 81.3 Å². The second-order valence-corrected chi connectivity index (χ2v) is 3.01. The lowest BCUT2D eigenvalue weighted by Crippen LogP contribution is -1.95. The highest BCUT2D eigenvalue weighted by molar-refractivity contribution is 5.77. The maximum Gasteiger partial charge on any atom is 0.293 e. The molecule has 0 saturated carbocycles. The largest absolute Gasteiger partial charge is 0.468 e. The molecule has 0 aliphatic carbocycles. The van der Waals surface area contributed by atoms with Crippen LogP contribution < -0.4 is 0 Å². The van der Waals surface area contributed by atoms with Crippen molar-refractivity contribution in [1.82, 2.24) is 0 Å². The third kappa shape index (κ3) is 1.76. The Balaban J connectivity index is 2.13. The second kappa shape index (κ2) is 3.96. The van der Waals surface area contributed by atoms with Crippen LogP contribution in [0.25, 0.3) is 11.0 Å². The first-order valence-corrected chi connectivity index (χ1v) is 4.41. The van der Waals surface area contributed by atoms with E-state index in [9.17, 15) is 4.79 Å². The first-order valence-electron chi connectivity index (χ1n) is 4.41. The second-order valence-electron chi connectivity index (χ2n) is 3.01. The van der Waals surface area contributed by atoms with Gasteiger partial charge in [-0.1, -0.05) is 6.07 Å². The number of hydrogen-bond acceptors (Lipinski definition) is 3. The molecule has 0 fully saturated rings. The number of fused-ring (bicyclic) bond motifs is 1. The maximum atomic E-state index is 9.93.